The van der Waals surface area contributed by atoms with E-state index in [2.05, 4.69) is 42.5 Å². The zero-order valence-electron chi connectivity index (χ0n) is 18.9. The Morgan fingerprint density at radius 1 is 1.24 bits per heavy atom. The van der Waals surface area contributed by atoms with Crippen molar-refractivity contribution in [1.29, 1.82) is 0 Å². The third-order valence-corrected chi connectivity index (χ3v) is 6.86. The van der Waals surface area contributed by atoms with Crippen LogP contribution in [0.1, 0.15) is 13.3 Å². The molecule has 0 bridgehead atoms. The molecule has 2 atom stereocenters. The van der Waals surface area contributed by atoms with Crippen molar-refractivity contribution in [2.75, 3.05) is 44.0 Å². The molecule has 4 aromatic rings. The van der Waals surface area contributed by atoms with Crippen LogP contribution in [0.2, 0.25) is 0 Å². The number of anilines is 2. The summed E-state index contributed by atoms with van der Waals surface area (Å²) in [5, 5.41) is 16.2. The van der Waals surface area contributed by atoms with E-state index in [-0.39, 0.29) is 12.6 Å². The van der Waals surface area contributed by atoms with Gasteiger partial charge >= 0.3 is 0 Å². The average molecular weight is 467 g/mol. The van der Waals surface area contributed by atoms with E-state index in [4.69, 9.17) is 10.5 Å². The largest absolute Gasteiger partial charge is 0.382 e. The highest BCUT2D eigenvalue weighted by Gasteiger charge is 2.33. The van der Waals surface area contributed by atoms with Gasteiger partial charge in [-0.2, -0.15) is 4.98 Å². The van der Waals surface area contributed by atoms with Crippen LogP contribution in [-0.4, -0.2) is 84.5 Å². The number of rotatable bonds is 6. The van der Waals surface area contributed by atoms with Crippen molar-refractivity contribution >= 4 is 28.4 Å². The number of alkyl halides is 1. The van der Waals surface area contributed by atoms with Crippen molar-refractivity contribution in [3.05, 3.63) is 24.4 Å². The Labute approximate surface area is 195 Å². The lowest BCUT2D eigenvalue weighted by Gasteiger charge is -2.44. The number of fused-ring (bicyclic) bond motifs is 2. The molecule has 4 aromatic heterocycles. The number of nitrogens with two attached hydrogens (primary N) is 1. The topological polar surface area (TPSA) is 124 Å². The predicted octanol–water partition coefficient (Wildman–Crippen LogP) is 1.61. The van der Waals surface area contributed by atoms with E-state index in [0.717, 1.165) is 38.3 Å². The fourth-order valence-electron chi connectivity index (χ4n) is 4.88. The number of aryl methyl sites for hydroxylation is 1. The maximum atomic E-state index is 12.9. The first-order valence-corrected chi connectivity index (χ1v) is 11.6. The normalized spacial score (nSPS) is 21.8. The summed E-state index contributed by atoms with van der Waals surface area (Å²) in [6, 6.07) is 6.41. The lowest BCUT2D eigenvalue weighted by Crippen LogP contribution is -2.55. The van der Waals surface area contributed by atoms with Gasteiger partial charge in [0.15, 0.2) is 11.5 Å². The van der Waals surface area contributed by atoms with Gasteiger partial charge in [-0.3, -0.25) is 4.90 Å². The molecule has 2 aliphatic rings. The SMILES string of the molecule is C[C@@H]1CN(C2COC2)CC[C@@H]1Nc1nc(N)c2c(-c3ccc4nnn(CCF)c4n3)ccn2n1. The van der Waals surface area contributed by atoms with Crippen molar-refractivity contribution < 1.29 is 9.13 Å². The molecule has 12 heteroatoms. The highest BCUT2D eigenvalue weighted by molar-refractivity contribution is 5.88. The molecule has 0 aliphatic carbocycles. The van der Waals surface area contributed by atoms with E-state index in [0.29, 0.717) is 46.1 Å². The molecule has 0 radical (unpaired) electrons. The van der Waals surface area contributed by atoms with Crippen LogP contribution in [0.15, 0.2) is 24.4 Å². The molecule has 0 unspecified atom stereocenters. The van der Waals surface area contributed by atoms with Gasteiger partial charge in [0.05, 0.1) is 31.5 Å². The zero-order valence-corrected chi connectivity index (χ0v) is 18.9. The van der Waals surface area contributed by atoms with Crippen molar-refractivity contribution in [1.82, 2.24) is 39.5 Å². The molecule has 3 N–H and O–H groups in total. The fourth-order valence-corrected chi connectivity index (χ4v) is 4.88. The number of nitrogens with one attached hydrogen (secondary N) is 1. The quantitative estimate of drug-likeness (QED) is 0.436. The Kier molecular flexibility index (Phi) is 5.26. The fraction of sp³-hybridized carbons (Fsp3) is 0.500. The number of aromatic nitrogens is 7. The van der Waals surface area contributed by atoms with Crippen LogP contribution in [0.25, 0.3) is 27.9 Å². The maximum Gasteiger partial charge on any atom is 0.243 e. The molecule has 0 aromatic carbocycles. The molecular weight excluding hydrogens is 439 g/mol. The summed E-state index contributed by atoms with van der Waals surface area (Å²) >= 11 is 0. The monoisotopic (exact) mass is 466 g/mol. The number of piperidine rings is 1. The predicted molar refractivity (Wildman–Crippen MR) is 125 cm³/mol. The van der Waals surface area contributed by atoms with Gasteiger partial charge in [0.1, 0.15) is 17.7 Å². The van der Waals surface area contributed by atoms with Gasteiger partial charge in [-0.05, 0) is 30.5 Å². The smallest absolute Gasteiger partial charge is 0.243 e. The van der Waals surface area contributed by atoms with Crippen molar-refractivity contribution in [2.24, 2.45) is 5.92 Å². The van der Waals surface area contributed by atoms with E-state index < -0.39 is 6.67 Å². The summed E-state index contributed by atoms with van der Waals surface area (Å²) in [6.45, 7) is 5.56. The molecule has 0 amide bonds. The van der Waals surface area contributed by atoms with Gasteiger partial charge in [-0.15, -0.1) is 10.2 Å². The van der Waals surface area contributed by atoms with Crippen LogP contribution < -0.4 is 11.1 Å². The summed E-state index contributed by atoms with van der Waals surface area (Å²) in [5.41, 5.74) is 9.68. The van der Waals surface area contributed by atoms with E-state index in [1.54, 1.807) is 4.52 Å². The van der Waals surface area contributed by atoms with Crippen molar-refractivity contribution in [3.63, 3.8) is 0 Å². The lowest BCUT2D eigenvalue weighted by molar-refractivity contribution is -0.0763. The minimum Gasteiger partial charge on any atom is -0.382 e. The first-order valence-electron chi connectivity index (χ1n) is 11.6. The van der Waals surface area contributed by atoms with Crippen LogP contribution in [0.5, 0.6) is 0 Å². The number of nitrogens with zero attached hydrogens (tertiary/aromatic N) is 8. The van der Waals surface area contributed by atoms with Crippen molar-refractivity contribution in [3.8, 4) is 11.3 Å². The Hall–Kier alpha value is -3.38. The molecular formula is C22H27FN10O. The number of hydrogen-bond acceptors (Lipinski definition) is 9. The molecule has 0 saturated carbocycles. The number of pyridine rings is 1. The van der Waals surface area contributed by atoms with Crippen LogP contribution in [0, 0.1) is 5.92 Å². The Balaban J connectivity index is 1.26. The Bertz CT molecular complexity index is 1330. The minimum absolute atomic E-state index is 0.107. The average Bonchev–Trinajstić information content (AvgIpc) is 3.39. The second-order valence-corrected chi connectivity index (χ2v) is 9.09. The zero-order chi connectivity index (χ0) is 23.2. The van der Waals surface area contributed by atoms with E-state index in [1.165, 1.54) is 4.68 Å². The third kappa shape index (κ3) is 3.62. The molecule has 0 spiro atoms. The van der Waals surface area contributed by atoms with E-state index in [1.807, 2.05) is 24.4 Å². The van der Waals surface area contributed by atoms with Crippen molar-refractivity contribution in [2.45, 2.75) is 32.0 Å². The van der Waals surface area contributed by atoms with Gasteiger partial charge in [0.2, 0.25) is 5.95 Å². The summed E-state index contributed by atoms with van der Waals surface area (Å²) in [6.07, 6.45) is 2.86. The molecule has 2 fully saturated rings. The number of likely N-dealkylation sites (tertiary alicyclic amines) is 1. The summed E-state index contributed by atoms with van der Waals surface area (Å²) in [7, 11) is 0. The minimum atomic E-state index is -0.539. The number of nitrogen functional groups attached to an aromatic ring is 1. The number of ether oxygens (including phenoxy) is 1. The number of halogens is 1. The third-order valence-electron chi connectivity index (χ3n) is 6.86. The standard InChI is InChI=1S/C22H27FN10O/c1-13-10-31(14-11-34-12-14)7-5-16(13)26-22-27-20(24)19-15(4-8-32(19)29-22)17-2-3-18-21(25-17)33(9-6-23)30-28-18/h2-4,8,13-14,16H,5-7,9-12H2,1H3,(H3,24,26,27,29)/t13-,16+/m1/s1. The van der Waals surface area contributed by atoms with Crippen LogP contribution >= 0.6 is 0 Å². The number of hydrogen-bond donors (Lipinski definition) is 2. The summed E-state index contributed by atoms with van der Waals surface area (Å²) in [4.78, 5) is 11.7. The Morgan fingerprint density at radius 2 is 2.12 bits per heavy atom. The van der Waals surface area contributed by atoms with Crippen LogP contribution in [-0.2, 0) is 11.3 Å². The molecule has 178 valence electrons. The second kappa shape index (κ2) is 8.44. The van der Waals surface area contributed by atoms with Gasteiger partial charge < -0.3 is 15.8 Å². The molecule has 6 rings (SSSR count). The molecule has 11 nitrogen and oxygen atoms in total. The van der Waals surface area contributed by atoms with Gasteiger partial charge in [0.25, 0.3) is 0 Å². The molecule has 34 heavy (non-hydrogen) atoms. The van der Waals surface area contributed by atoms with E-state index >= 15 is 0 Å². The molecule has 2 aliphatic heterocycles. The Morgan fingerprint density at radius 3 is 2.88 bits per heavy atom. The highest BCUT2D eigenvalue weighted by atomic mass is 19.1. The van der Waals surface area contributed by atoms with Gasteiger partial charge in [-0.25, -0.2) is 18.6 Å². The summed E-state index contributed by atoms with van der Waals surface area (Å²) < 4.78 is 21.4. The summed E-state index contributed by atoms with van der Waals surface area (Å²) in [5.74, 6) is 1.33. The molecule has 6 heterocycles. The van der Waals surface area contributed by atoms with E-state index in [9.17, 15) is 4.39 Å². The molecule has 2 saturated heterocycles. The lowest BCUT2D eigenvalue weighted by atomic mass is 9.92. The second-order valence-electron chi connectivity index (χ2n) is 9.09. The van der Waals surface area contributed by atoms with Crippen LogP contribution in [0.3, 0.4) is 0 Å². The first-order chi connectivity index (χ1) is 16.6. The highest BCUT2D eigenvalue weighted by Crippen LogP contribution is 2.30. The van der Waals surface area contributed by atoms with Gasteiger partial charge in [0, 0.05) is 30.9 Å². The van der Waals surface area contributed by atoms with Crippen LogP contribution in [0.4, 0.5) is 16.2 Å². The van der Waals surface area contributed by atoms with Gasteiger partial charge in [-0.1, -0.05) is 12.1 Å². The first kappa shape index (κ1) is 21.2. The maximum absolute atomic E-state index is 12.9.